The van der Waals surface area contributed by atoms with Crippen molar-refractivity contribution in [3.63, 3.8) is 0 Å². The number of halogens is 1. The molecule has 0 radical (unpaired) electrons. The van der Waals surface area contributed by atoms with Gasteiger partial charge in [0.2, 0.25) is 0 Å². The van der Waals surface area contributed by atoms with E-state index >= 15 is 0 Å². The fraction of sp³-hybridized carbons (Fsp3) is 0.415. The second-order valence-electron chi connectivity index (χ2n) is 13.4. The molecule has 0 spiro atoms. The Kier molecular flexibility index (Phi) is 14.6. The number of pyridine rings is 1. The van der Waals surface area contributed by atoms with Crippen LogP contribution in [0.3, 0.4) is 0 Å². The topological polar surface area (TPSA) is 141 Å². The SMILES string of the molecule is C=C1C(NC(=O)Nc2c(O)cncc2F)=CC(c2cccc(-c3cc(OCC)cc(C(=O)NCCCCCCCN4CCC[C@@H]4COC)c3)c2)=NN1CC. The van der Waals surface area contributed by atoms with Gasteiger partial charge in [-0.1, -0.05) is 44.0 Å². The van der Waals surface area contributed by atoms with Crippen molar-refractivity contribution in [2.24, 2.45) is 5.10 Å². The molecule has 13 heteroatoms. The average molecular weight is 742 g/mol. The second-order valence-corrected chi connectivity index (χ2v) is 13.4. The number of carbonyl (C=O) groups excluding carboxylic acids is 2. The summed E-state index contributed by atoms with van der Waals surface area (Å²) in [6, 6.07) is 13.0. The van der Waals surface area contributed by atoms with Crippen molar-refractivity contribution in [1.29, 1.82) is 0 Å². The van der Waals surface area contributed by atoms with Gasteiger partial charge in [0.1, 0.15) is 11.4 Å². The third-order valence-electron chi connectivity index (χ3n) is 9.54. The molecule has 3 heterocycles. The van der Waals surface area contributed by atoms with Crippen LogP contribution in [-0.4, -0.2) is 90.2 Å². The van der Waals surface area contributed by atoms with Crippen molar-refractivity contribution in [3.05, 3.63) is 95.9 Å². The molecule has 4 N–H and O–H groups in total. The van der Waals surface area contributed by atoms with E-state index in [0.717, 1.165) is 61.5 Å². The van der Waals surface area contributed by atoms with Gasteiger partial charge >= 0.3 is 6.03 Å². The van der Waals surface area contributed by atoms with Crippen LogP contribution >= 0.6 is 0 Å². The zero-order valence-electron chi connectivity index (χ0n) is 31.5. The number of likely N-dealkylation sites (tertiary alicyclic amines) is 1. The molecule has 1 saturated heterocycles. The van der Waals surface area contributed by atoms with E-state index in [0.29, 0.717) is 54.2 Å². The molecule has 2 aliphatic heterocycles. The molecule has 2 aliphatic rings. The standard InChI is InChI=1S/C41H52FN7O5/c1-5-49-28(3)36(45-41(52)46-39-35(42)25-43-26-38(39)50)24-37(47-49)30-15-12-14-29(20-30)31-21-32(23-34(22-31)54-6-2)40(51)44-17-10-8-7-9-11-18-48-19-13-16-33(48)27-53-4/h12,14-15,20-26,33,50H,3,5-11,13,16-19,27H2,1-2,4H3,(H,44,51)(H2,43,45,46,52)/t33-/m1/s1. The second kappa shape index (κ2) is 19.7. The van der Waals surface area contributed by atoms with Crippen molar-refractivity contribution in [1.82, 2.24) is 25.5 Å². The molecule has 3 aromatic rings. The lowest BCUT2D eigenvalue weighted by Gasteiger charge is -2.27. The van der Waals surface area contributed by atoms with Gasteiger partial charge in [-0.25, -0.2) is 9.18 Å². The summed E-state index contributed by atoms with van der Waals surface area (Å²) < 4.78 is 25.4. The monoisotopic (exact) mass is 741 g/mol. The van der Waals surface area contributed by atoms with Crippen molar-refractivity contribution >= 4 is 23.3 Å². The first-order valence-electron chi connectivity index (χ1n) is 18.8. The highest BCUT2D eigenvalue weighted by atomic mass is 19.1. The fourth-order valence-electron chi connectivity index (χ4n) is 6.75. The lowest BCUT2D eigenvalue weighted by atomic mass is 9.98. The number of aromatic nitrogens is 1. The number of benzene rings is 2. The molecule has 1 fully saturated rings. The van der Waals surface area contributed by atoms with Gasteiger partial charge in [-0.05, 0) is 94.1 Å². The van der Waals surface area contributed by atoms with E-state index in [1.807, 2.05) is 50.2 Å². The minimum absolute atomic E-state index is 0.155. The first kappa shape index (κ1) is 39.9. The normalized spacial score (nSPS) is 15.8. The molecule has 12 nitrogen and oxygen atoms in total. The highest BCUT2D eigenvalue weighted by Gasteiger charge is 2.24. The Morgan fingerprint density at radius 3 is 2.59 bits per heavy atom. The number of hydrogen-bond donors (Lipinski definition) is 4. The summed E-state index contributed by atoms with van der Waals surface area (Å²) in [7, 11) is 1.78. The van der Waals surface area contributed by atoms with Gasteiger partial charge in [-0.3, -0.25) is 19.7 Å². The summed E-state index contributed by atoms with van der Waals surface area (Å²) in [5, 5.41) is 24.5. The number of likely N-dealkylation sites (N-methyl/N-ethyl adjacent to an activating group) is 1. The molecule has 54 heavy (non-hydrogen) atoms. The van der Waals surface area contributed by atoms with E-state index in [-0.39, 0.29) is 5.91 Å². The lowest BCUT2D eigenvalue weighted by Crippen LogP contribution is -2.35. The fourth-order valence-corrected chi connectivity index (χ4v) is 6.75. The van der Waals surface area contributed by atoms with Crippen molar-refractivity contribution in [2.75, 3.05) is 51.8 Å². The van der Waals surface area contributed by atoms with Crippen LogP contribution in [0.5, 0.6) is 11.5 Å². The summed E-state index contributed by atoms with van der Waals surface area (Å²) >= 11 is 0. The highest BCUT2D eigenvalue weighted by molar-refractivity contribution is 6.11. The Bertz CT molecular complexity index is 1830. The first-order chi connectivity index (χ1) is 26.2. The number of rotatable bonds is 18. The number of urea groups is 1. The molecule has 0 bridgehead atoms. The van der Waals surface area contributed by atoms with E-state index in [4.69, 9.17) is 14.6 Å². The lowest BCUT2D eigenvalue weighted by molar-refractivity contribution is 0.0952. The van der Waals surface area contributed by atoms with Crippen LogP contribution < -0.4 is 20.7 Å². The Balaban J connectivity index is 1.22. The number of nitrogens with zero attached hydrogens (tertiary/aromatic N) is 4. The van der Waals surface area contributed by atoms with E-state index < -0.39 is 23.3 Å². The zero-order chi connectivity index (χ0) is 38.5. The Morgan fingerprint density at radius 1 is 1.02 bits per heavy atom. The number of amides is 3. The number of anilines is 1. The van der Waals surface area contributed by atoms with E-state index in [9.17, 15) is 19.1 Å². The molecule has 3 amide bonds. The van der Waals surface area contributed by atoms with Crippen molar-refractivity contribution < 1.29 is 28.6 Å². The maximum atomic E-state index is 14.2. The summed E-state index contributed by atoms with van der Waals surface area (Å²) in [6.45, 7) is 12.5. The number of unbranched alkanes of at least 4 members (excludes halogenated alkanes) is 4. The number of nitrogens with one attached hydrogen (secondary N) is 3. The molecule has 0 unspecified atom stereocenters. The third-order valence-corrected chi connectivity index (χ3v) is 9.54. The smallest absolute Gasteiger partial charge is 0.323 e. The average Bonchev–Trinajstić information content (AvgIpc) is 3.61. The Morgan fingerprint density at radius 2 is 1.81 bits per heavy atom. The highest BCUT2D eigenvalue weighted by Crippen LogP contribution is 2.29. The van der Waals surface area contributed by atoms with Crippen molar-refractivity contribution in [2.45, 2.75) is 64.8 Å². The van der Waals surface area contributed by atoms with Crippen molar-refractivity contribution in [3.8, 4) is 22.6 Å². The van der Waals surface area contributed by atoms with Crippen LogP contribution in [0.4, 0.5) is 14.9 Å². The van der Waals surface area contributed by atoms with E-state index in [1.54, 1.807) is 24.3 Å². The molecule has 0 aliphatic carbocycles. The number of hydrazone groups is 1. The zero-order valence-corrected chi connectivity index (χ0v) is 31.5. The number of methoxy groups -OCH3 is 1. The van der Waals surface area contributed by atoms with Crippen LogP contribution in [-0.2, 0) is 4.74 Å². The Hall–Kier alpha value is -5.27. The summed E-state index contributed by atoms with van der Waals surface area (Å²) in [4.78, 5) is 32.3. The predicted molar refractivity (Wildman–Crippen MR) is 209 cm³/mol. The van der Waals surface area contributed by atoms with Crippen LogP contribution in [0.2, 0.25) is 0 Å². The minimum Gasteiger partial charge on any atom is -0.504 e. The minimum atomic E-state index is -0.879. The number of carbonyl (C=O) groups is 2. The van der Waals surface area contributed by atoms with Gasteiger partial charge < -0.3 is 30.5 Å². The quantitative estimate of drug-likeness (QED) is 0.102. The van der Waals surface area contributed by atoms with Gasteiger partial charge in [0.15, 0.2) is 11.6 Å². The predicted octanol–water partition coefficient (Wildman–Crippen LogP) is 7.04. The van der Waals surface area contributed by atoms with Crippen LogP contribution in [0.15, 0.2) is 84.0 Å². The number of aromatic hydroxyl groups is 1. The first-order valence-corrected chi connectivity index (χ1v) is 18.8. The number of ether oxygens (including phenoxy) is 2. The summed E-state index contributed by atoms with van der Waals surface area (Å²) in [5.74, 6) is -0.945. The molecule has 2 aromatic carbocycles. The maximum Gasteiger partial charge on any atom is 0.323 e. The van der Waals surface area contributed by atoms with E-state index in [2.05, 4.69) is 32.4 Å². The van der Waals surface area contributed by atoms with E-state index in [1.165, 1.54) is 32.2 Å². The maximum absolute atomic E-state index is 14.2. The molecule has 5 rings (SSSR count). The van der Waals surface area contributed by atoms with Gasteiger partial charge in [0.25, 0.3) is 5.91 Å². The molecule has 0 saturated carbocycles. The summed E-state index contributed by atoms with van der Waals surface area (Å²) in [6.07, 6.45) is 11.6. The number of hydrogen-bond acceptors (Lipinski definition) is 9. The van der Waals surface area contributed by atoms with Crippen LogP contribution in [0, 0.1) is 5.82 Å². The van der Waals surface area contributed by atoms with Gasteiger partial charge in [0.05, 0.1) is 42.7 Å². The van der Waals surface area contributed by atoms with Gasteiger partial charge in [0, 0.05) is 37.4 Å². The number of allylic oxidation sites excluding steroid dienone is 1. The molecular weight excluding hydrogens is 689 g/mol. The third kappa shape index (κ3) is 10.7. The summed E-state index contributed by atoms with van der Waals surface area (Å²) in [5.41, 5.74) is 3.82. The Labute approximate surface area is 317 Å². The van der Waals surface area contributed by atoms with Gasteiger partial charge in [-0.15, -0.1) is 0 Å². The largest absolute Gasteiger partial charge is 0.504 e. The van der Waals surface area contributed by atoms with Gasteiger partial charge in [-0.2, -0.15) is 5.10 Å². The molecule has 1 aromatic heterocycles. The molecule has 1 atom stereocenters. The molecular formula is C41H52FN7O5. The molecule has 288 valence electrons. The van der Waals surface area contributed by atoms with Crippen LogP contribution in [0.1, 0.15) is 74.7 Å². The van der Waals surface area contributed by atoms with Crippen LogP contribution in [0.25, 0.3) is 11.1 Å².